The predicted molar refractivity (Wildman–Crippen MR) is 65.9 cm³/mol. The molecule has 0 bridgehead atoms. The zero-order valence-electron chi connectivity index (χ0n) is 10.2. The van der Waals surface area contributed by atoms with Gasteiger partial charge in [-0.05, 0) is 27.2 Å². The second-order valence-corrected chi connectivity index (χ2v) is 6.04. The number of ether oxygens (including phenoxy) is 2. The number of alkyl carbamates (subject to hydrolysis) is 1. The first-order chi connectivity index (χ1) is 7.47. The van der Waals surface area contributed by atoms with Crippen molar-refractivity contribution in [3.05, 3.63) is 0 Å². The molecule has 2 aliphatic heterocycles. The van der Waals surface area contributed by atoms with Gasteiger partial charge in [0.05, 0.1) is 12.6 Å². The summed E-state index contributed by atoms with van der Waals surface area (Å²) in [6.07, 6.45) is 0.516. The van der Waals surface area contributed by atoms with E-state index in [0.29, 0.717) is 6.61 Å². The number of nitrogens with one attached hydrogen (secondary N) is 1. The fraction of sp³-hybridized carbons (Fsp3) is 0.909. The highest BCUT2D eigenvalue weighted by Gasteiger charge is 2.21. The summed E-state index contributed by atoms with van der Waals surface area (Å²) in [6, 6.07) is 0.120. The molecular formula is C11H21NO3S. The van der Waals surface area contributed by atoms with E-state index in [1.54, 1.807) is 0 Å². The molecule has 0 aromatic rings. The summed E-state index contributed by atoms with van der Waals surface area (Å²) in [6.45, 7) is 6.85. The maximum Gasteiger partial charge on any atom is 0.407 e. The van der Waals surface area contributed by atoms with Crippen LogP contribution in [0.25, 0.3) is 0 Å². The van der Waals surface area contributed by atoms with Gasteiger partial charge in [-0.15, -0.1) is 0 Å². The standard InChI is InChI=1S/C9H17NO3.C2H4S/c1-9(2,3)13-8(11)10-7-4-5-12-6-7;1-2-3-1/h7H,4-6H2,1-3H3,(H,10,11);1-2H2/t7-;/m1./s1. The lowest BCUT2D eigenvalue weighted by Crippen LogP contribution is -2.39. The Labute approximate surface area is 101 Å². The lowest BCUT2D eigenvalue weighted by Gasteiger charge is -2.21. The minimum atomic E-state index is -0.427. The summed E-state index contributed by atoms with van der Waals surface area (Å²) in [5.74, 6) is 2.83. The van der Waals surface area contributed by atoms with Crippen LogP contribution in [0.1, 0.15) is 27.2 Å². The Hall–Kier alpha value is -0.420. The number of amides is 1. The fourth-order valence-electron chi connectivity index (χ4n) is 1.12. The molecule has 1 N–H and O–H groups in total. The third kappa shape index (κ3) is 7.82. The molecule has 4 nitrogen and oxygen atoms in total. The van der Waals surface area contributed by atoms with Gasteiger partial charge in [0, 0.05) is 18.1 Å². The third-order valence-electron chi connectivity index (χ3n) is 1.85. The van der Waals surface area contributed by atoms with E-state index in [0.717, 1.165) is 13.0 Å². The Kier molecular flexibility index (Phi) is 5.41. The molecule has 2 heterocycles. The molecule has 2 fully saturated rings. The van der Waals surface area contributed by atoms with E-state index >= 15 is 0 Å². The maximum absolute atomic E-state index is 11.2. The Morgan fingerprint density at radius 1 is 1.44 bits per heavy atom. The molecule has 1 atom stereocenters. The number of hydrogen-bond acceptors (Lipinski definition) is 4. The van der Waals surface area contributed by atoms with E-state index < -0.39 is 5.60 Å². The van der Waals surface area contributed by atoms with Crippen LogP contribution in [0.3, 0.4) is 0 Å². The van der Waals surface area contributed by atoms with Crippen LogP contribution in [0, 0.1) is 0 Å². The van der Waals surface area contributed by atoms with E-state index in [4.69, 9.17) is 9.47 Å². The zero-order valence-corrected chi connectivity index (χ0v) is 11.1. The van der Waals surface area contributed by atoms with Crippen molar-refractivity contribution in [1.29, 1.82) is 0 Å². The average Bonchev–Trinajstić information content (AvgIpc) is 2.91. The van der Waals surface area contributed by atoms with E-state index in [9.17, 15) is 4.79 Å². The molecule has 1 amide bonds. The van der Waals surface area contributed by atoms with Gasteiger partial charge in [0.1, 0.15) is 5.60 Å². The lowest BCUT2D eigenvalue weighted by molar-refractivity contribution is 0.0499. The van der Waals surface area contributed by atoms with E-state index in [2.05, 4.69) is 5.32 Å². The number of hydrogen-bond donors (Lipinski definition) is 1. The van der Waals surface area contributed by atoms with Gasteiger partial charge in [-0.1, -0.05) is 0 Å². The first kappa shape index (κ1) is 13.6. The molecule has 0 saturated carbocycles. The van der Waals surface area contributed by atoms with E-state index in [-0.39, 0.29) is 12.1 Å². The molecule has 2 saturated heterocycles. The van der Waals surface area contributed by atoms with Crippen LogP contribution >= 0.6 is 11.8 Å². The summed E-state index contributed by atoms with van der Waals surface area (Å²) in [5, 5.41) is 2.75. The van der Waals surface area contributed by atoms with Crippen LogP contribution in [-0.4, -0.2) is 42.5 Å². The van der Waals surface area contributed by atoms with Gasteiger partial charge in [-0.2, -0.15) is 11.8 Å². The molecule has 0 aliphatic carbocycles. The minimum absolute atomic E-state index is 0.120. The Morgan fingerprint density at radius 3 is 2.44 bits per heavy atom. The van der Waals surface area contributed by atoms with Crippen molar-refractivity contribution in [2.75, 3.05) is 24.7 Å². The summed E-state index contributed by atoms with van der Waals surface area (Å²) < 4.78 is 10.2. The Bertz CT molecular complexity index is 217. The molecule has 0 unspecified atom stereocenters. The highest BCUT2D eigenvalue weighted by atomic mass is 32.2. The Balaban J connectivity index is 0.000000365. The minimum Gasteiger partial charge on any atom is -0.444 e. The molecule has 2 rings (SSSR count). The highest BCUT2D eigenvalue weighted by Crippen LogP contribution is 2.14. The second-order valence-electron chi connectivity index (χ2n) is 4.82. The fourth-order valence-corrected chi connectivity index (χ4v) is 1.12. The monoisotopic (exact) mass is 247 g/mol. The quantitative estimate of drug-likeness (QED) is 0.720. The second kappa shape index (κ2) is 6.35. The van der Waals surface area contributed by atoms with Crippen molar-refractivity contribution >= 4 is 17.9 Å². The lowest BCUT2D eigenvalue weighted by atomic mass is 10.2. The van der Waals surface area contributed by atoms with Crippen molar-refractivity contribution in [3.63, 3.8) is 0 Å². The van der Waals surface area contributed by atoms with Gasteiger partial charge in [-0.25, -0.2) is 4.79 Å². The zero-order chi connectivity index (χ0) is 12.0. The summed E-state index contributed by atoms with van der Waals surface area (Å²) in [4.78, 5) is 11.2. The predicted octanol–water partition coefficient (Wildman–Crippen LogP) is 2.03. The van der Waals surface area contributed by atoms with Crippen LogP contribution in [0.15, 0.2) is 0 Å². The van der Waals surface area contributed by atoms with Crippen LogP contribution in [0.2, 0.25) is 0 Å². The van der Waals surface area contributed by atoms with Crippen molar-refractivity contribution in [3.8, 4) is 0 Å². The SMILES string of the molecule is C1CS1.CC(C)(C)OC(=O)N[C@@H]1CCOC1. The van der Waals surface area contributed by atoms with Crippen LogP contribution in [-0.2, 0) is 9.47 Å². The summed E-state index contributed by atoms with van der Waals surface area (Å²) in [7, 11) is 0. The first-order valence-corrected chi connectivity index (χ1v) is 6.78. The van der Waals surface area contributed by atoms with Crippen molar-refractivity contribution in [2.24, 2.45) is 0 Å². The van der Waals surface area contributed by atoms with Gasteiger partial charge in [-0.3, -0.25) is 0 Å². The van der Waals surface area contributed by atoms with Crippen molar-refractivity contribution in [1.82, 2.24) is 5.32 Å². The summed E-state index contributed by atoms with van der Waals surface area (Å²) >= 11 is 2.00. The first-order valence-electron chi connectivity index (χ1n) is 5.62. The number of rotatable bonds is 1. The number of carbonyl (C=O) groups excluding carboxylic acids is 1. The van der Waals surface area contributed by atoms with E-state index in [1.807, 2.05) is 32.5 Å². The summed E-state index contributed by atoms with van der Waals surface area (Å²) in [5.41, 5.74) is -0.427. The number of carbonyl (C=O) groups is 1. The van der Waals surface area contributed by atoms with Gasteiger partial charge in [0.15, 0.2) is 0 Å². The van der Waals surface area contributed by atoms with Crippen molar-refractivity contribution in [2.45, 2.75) is 38.8 Å². The normalized spacial score (nSPS) is 23.1. The highest BCUT2D eigenvalue weighted by molar-refractivity contribution is 8.06. The van der Waals surface area contributed by atoms with Gasteiger partial charge >= 0.3 is 6.09 Å². The van der Waals surface area contributed by atoms with E-state index in [1.165, 1.54) is 11.5 Å². The van der Waals surface area contributed by atoms with Crippen LogP contribution in [0.5, 0.6) is 0 Å². The maximum atomic E-state index is 11.2. The van der Waals surface area contributed by atoms with Gasteiger partial charge in [0.2, 0.25) is 0 Å². The van der Waals surface area contributed by atoms with Gasteiger partial charge in [0.25, 0.3) is 0 Å². The van der Waals surface area contributed by atoms with Crippen molar-refractivity contribution < 1.29 is 14.3 Å². The molecule has 0 spiro atoms. The smallest absolute Gasteiger partial charge is 0.407 e. The Morgan fingerprint density at radius 2 is 2.06 bits per heavy atom. The average molecular weight is 247 g/mol. The molecule has 2 aliphatic rings. The molecule has 0 aromatic carbocycles. The van der Waals surface area contributed by atoms with Crippen LogP contribution < -0.4 is 5.32 Å². The molecular weight excluding hydrogens is 226 g/mol. The molecule has 94 valence electrons. The molecule has 0 radical (unpaired) electrons. The topological polar surface area (TPSA) is 47.6 Å². The molecule has 16 heavy (non-hydrogen) atoms. The molecule has 5 heteroatoms. The largest absolute Gasteiger partial charge is 0.444 e. The third-order valence-corrected chi connectivity index (χ3v) is 2.26. The van der Waals surface area contributed by atoms with Gasteiger partial charge < -0.3 is 14.8 Å². The van der Waals surface area contributed by atoms with Crippen LogP contribution in [0.4, 0.5) is 4.79 Å². The molecule has 0 aromatic heterocycles. The number of thioether (sulfide) groups is 1.